The fourth-order valence-electron chi connectivity index (χ4n) is 3.24. The van der Waals surface area contributed by atoms with Crippen LogP contribution in [0.4, 0.5) is 4.39 Å². The smallest absolute Gasteiger partial charge is 0.251 e. The molecule has 1 heterocycles. The first-order valence-electron chi connectivity index (χ1n) is 9.56. The van der Waals surface area contributed by atoms with E-state index in [0.29, 0.717) is 24.2 Å². The van der Waals surface area contributed by atoms with Crippen molar-refractivity contribution in [2.75, 3.05) is 33.2 Å². The Bertz CT molecular complexity index is 938. The first-order valence-corrected chi connectivity index (χ1v) is 11.2. The lowest BCUT2D eigenvalue weighted by Gasteiger charge is -2.31. The lowest BCUT2D eigenvalue weighted by molar-refractivity contribution is 0.0940. The van der Waals surface area contributed by atoms with Gasteiger partial charge in [-0.1, -0.05) is 24.3 Å². The number of carbonyl (C=O) groups excluding carboxylic acids is 1. The third kappa shape index (κ3) is 5.62. The predicted octanol–water partition coefficient (Wildman–Crippen LogP) is 2.39. The number of rotatable bonds is 6. The van der Waals surface area contributed by atoms with E-state index in [1.165, 1.54) is 16.4 Å². The van der Waals surface area contributed by atoms with Gasteiger partial charge in [0.25, 0.3) is 5.91 Å². The Morgan fingerprint density at radius 3 is 2.21 bits per heavy atom. The van der Waals surface area contributed by atoms with E-state index < -0.39 is 10.0 Å². The first-order chi connectivity index (χ1) is 13.7. The number of halogens is 1. The molecule has 1 amide bonds. The second-order valence-corrected chi connectivity index (χ2v) is 9.37. The predicted molar refractivity (Wildman–Crippen MR) is 110 cm³/mol. The zero-order chi connectivity index (χ0) is 21.0. The molecule has 1 N–H and O–H groups in total. The van der Waals surface area contributed by atoms with E-state index in [9.17, 15) is 17.6 Å². The number of benzene rings is 2. The van der Waals surface area contributed by atoms with Gasteiger partial charge in [-0.15, -0.1) is 0 Å². The number of hydrogen-bond donors (Lipinski definition) is 1. The molecule has 1 aliphatic rings. The minimum absolute atomic E-state index is 0.0788. The van der Waals surface area contributed by atoms with Gasteiger partial charge in [0.05, 0.1) is 11.8 Å². The second-order valence-electron chi connectivity index (χ2n) is 7.40. The summed E-state index contributed by atoms with van der Waals surface area (Å²) in [6, 6.07) is 12.3. The number of likely N-dealkylation sites (N-methyl/N-ethyl adjacent to an activating group) is 1. The number of hydrogen-bond acceptors (Lipinski definition) is 4. The highest BCUT2D eigenvalue weighted by molar-refractivity contribution is 7.88. The van der Waals surface area contributed by atoms with Crippen LogP contribution in [0.3, 0.4) is 0 Å². The van der Waals surface area contributed by atoms with Gasteiger partial charge in [0.2, 0.25) is 10.0 Å². The summed E-state index contributed by atoms with van der Waals surface area (Å²) in [5.74, 6) is -0.672. The van der Waals surface area contributed by atoms with Crippen molar-refractivity contribution in [1.29, 1.82) is 0 Å². The molecule has 0 aliphatic carbocycles. The van der Waals surface area contributed by atoms with Gasteiger partial charge < -0.3 is 10.2 Å². The van der Waals surface area contributed by atoms with Gasteiger partial charge in [-0.05, 0) is 49.4 Å². The van der Waals surface area contributed by atoms with Crippen molar-refractivity contribution in [3.8, 4) is 0 Å². The molecule has 29 heavy (non-hydrogen) atoms. The molecule has 0 unspecified atom stereocenters. The van der Waals surface area contributed by atoms with Crippen LogP contribution in [-0.2, 0) is 15.8 Å². The molecule has 2 aromatic carbocycles. The quantitative estimate of drug-likeness (QED) is 0.781. The second kappa shape index (κ2) is 9.02. The van der Waals surface area contributed by atoms with Crippen molar-refractivity contribution >= 4 is 15.9 Å². The van der Waals surface area contributed by atoms with Gasteiger partial charge in [0.15, 0.2) is 0 Å². The van der Waals surface area contributed by atoms with Crippen LogP contribution in [0.2, 0.25) is 0 Å². The Kier molecular flexibility index (Phi) is 6.66. The van der Waals surface area contributed by atoms with E-state index in [2.05, 4.69) is 10.2 Å². The normalized spacial score (nSPS) is 17.1. The molecule has 0 aromatic heterocycles. The van der Waals surface area contributed by atoms with Crippen molar-refractivity contribution in [3.63, 3.8) is 0 Å². The van der Waals surface area contributed by atoms with Crippen molar-refractivity contribution < 1.29 is 17.6 Å². The van der Waals surface area contributed by atoms with E-state index in [0.717, 1.165) is 18.7 Å². The van der Waals surface area contributed by atoms with Crippen molar-refractivity contribution in [3.05, 3.63) is 71.0 Å². The summed E-state index contributed by atoms with van der Waals surface area (Å²) in [6.45, 7) is 4.28. The molecular formula is C21H26FN3O3S. The molecule has 1 fully saturated rings. The highest BCUT2D eigenvalue weighted by atomic mass is 32.2. The van der Waals surface area contributed by atoms with Gasteiger partial charge in [0.1, 0.15) is 5.82 Å². The minimum atomic E-state index is -3.38. The molecule has 1 saturated heterocycles. The molecule has 2 aromatic rings. The molecule has 6 nitrogen and oxygen atoms in total. The molecule has 1 atom stereocenters. The summed E-state index contributed by atoms with van der Waals surface area (Å²) in [5, 5.41) is 2.86. The lowest BCUT2D eigenvalue weighted by Crippen LogP contribution is -2.47. The minimum Gasteiger partial charge on any atom is -0.346 e. The van der Waals surface area contributed by atoms with Crippen LogP contribution in [0.1, 0.15) is 34.5 Å². The fourth-order valence-corrected chi connectivity index (χ4v) is 4.75. The third-order valence-corrected chi connectivity index (χ3v) is 6.99. The maximum Gasteiger partial charge on any atom is 0.251 e. The Balaban J connectivity index is 1.60. The van der Waals surface area contributed by atoms with Crippen LogP contribution in [0.5, 0.6) is 0 Å². The van der Waals surface area contributed by atoms with Crippen LogP contribution >= 0.6 is 0 Å². The highest BCUT2D eigenvalue weighted by Crippen LogP contribution is 2.16. The topological polar surface area (TPSA) is 69.7 Å². The summed E-state index contributed by atoms with van der Waals surface area (Å²) < 4.78 is 39.8. The maximum absolute atomic E-state index is 13.0. The average Bonchev–Trinajstić information content (AvgIpc) is 2.69. The van der Waals surface area contributed by atoms with E-state index in [-0.39, 0.29) is 23.5 Å². The van der Waals surface area contributed by atoms with Gasteiger partial charge in [-0.2, -0.15) is 4.31 Å². The first kappa shape index (κ1) is 21.4. The molecule has 1 aliphatic heterocycles. The van der Waals surface area contributed by atoms with Crippen LogP contribution in [-0.4, -0.2) is 56.8 Å². The number of nitrogens with zero attached hydrogens (tertiary/aromatic N) is 2. The van der Waals surface area contributed by atoms with E-state index in [1.807, 2.05) is 14.0 Å². The van der Waals surface area contributed by atoms with Gasteiger partial charge in [0, 0.05) is 31.7 Å². The molecule has 3 rings (SSSR count). The zero-order valence-corrected chi connectivity index (χ0v) is 17.5. The van der Waals surface area contributed by atoms with Crippen LogP contribution in [0, 0.1) is 5.82 Å². The molecule has 0 radical (unpaired) electrons. The Morgan fingerprint density at radius 1 is 1.03 bits per heavy atom. The monoisotopic (exact) mass is 419 g/mol. The standard InChI is InChI=1S/C21H26FN3O3S/c1-16(18-7-9-20(22)10-8-18)23-21(26)19-5-3-17(4-6-19)15-29(27,28)25-13-11-24(2)12-14-25/h3-10,16H,11-15H2,1-2H3,(H,23,26)/t16-/m1/s1. The van der Waals surface area contributed by atoms with Crippen LogP contribution < -0.4 is 5.32 Å². The van der Waals surface area contributed by atoms with E-state index >= 15 is 0 Å². The third-order valence-electron chi connectivity index (χ3n) is 5.14. The molecule has 0 spiro atoms. The number of carbonyl (C=O) groups is 1. The summed E-state index contributed by atoms with van der Waals surface area (Å²) in [6.07, 6.45) is 0. The van der Waals surface area contributed by atoms with E-state index in [1.54, 1.807) is 36.4 Å². The van der Waals surface area contributed by atoms with Crippen molar-refractivity contribution in [1.82, 2.24) is 14.5 Å². The van der Waals surface area contributed by atoms with Crippen molar-refractivity contribution in [2.45, 2.75) is 18.7 Å². The molecule has 0 bridgehead atoms. The Morgan fingerprint density at radius 2 is 1.62 bits per heavy atom. The maximum atomic E-state index is 13.0. The highest BCUT2D eigenvalue weighted by Gasteiger charge is 2.25. The number of piperazine rings is 1. The molecule has 156 valence electrons. The Labute approximate surface area is 171 Å². The summed E-state index contributed by atoms with van der Waals surface area (Å²) >= 11 is 0. The molecular weight excluding hydrogens is 393 g/mol. The number of sulfonamides is 1. The number of amides is 1. The van der Waals surface area contributed by atoms with Crippen LogP contribution in [0.25, 0.3) is 0 Å². The van der Waals surface area contributed by atoms with Gasteiger partial charge in [-0.25, -0.2) is 12.8 Å². The molecule has 8 heteroatoms. The molecule has 0 saturated carbocycles. The number of nitrogens with one attached hydrogen (secondary N) is 1. The van der Waals surface area contributed by atoms with E-state index in [4.69, 9.17) is 0 Å². The van der Waals surface area contributed by atoms with Gasteiger partial charge in [-0.3, -0.25) is 4.79 Å². The van der Waals surface area contributed by atoms with Crippen LogP contribution in [0.15, 0.2) is 48.5 Å². The summed E-state index contributed by atoms with van der Waals surface area (Å²) in [4.78, 5) is 14.6. The lowest BCUT2D eigenvalue weighted by atomic mass is 10.1. The zero-order valence-electron chi connectivity index (χ0n) is 16.6. The average molecular weight is 420 g/mol. The fraction of sp³-hybridized carbons (Fsp3) is 0.381. The Hall–Kier alpha value is -2.29. The summed E-state index contributed by atoms with van der Waals surface area (Å²) in [5.41, 5.74) is 1.89. The van der Waals surface area contributed by atoms with Crippen molar-refractivity contribution in [2.24, 2.45) is 0 Å². The SMILES string of the molecule is C[C@@H](NC(=O)c1ccc(CS(=O)(=O)N2CCN(C)CC2)cc1)c1ccc(F)cc1. The van der Waals surface area contributed by atoms with Gasteiger partial charge >= 0.3 is 0 Å². The summed E-state index contributed by atoms with van der Waals surface area (Å²) in [7, 11) is -1.40. The largest absolute Gasteiger partial charge is 0.346 e.